The highest BCUT2D eigenvalue weighted by Crippen LogP contribution is 2.57. The second-order valence-corrected chi connectivity index (χ2v) is 8.43. The first kappa shape index (κ1) is 15.6. The smallest absolute Gasteiger partial charge is 0.120 e. The van der Waals surface area contributed by atoms with Crippen LogP contribution in [0, 0.1) is 11.3 Å². The van der Waals surface area contributed by atoms with Crippen molar-refractivity contribution < 1.29 is 5.11 Å². The van der Waals surface area contributed by atoms with Crippen LogP contribution < -0.4 is 0 Å². The largest absolute Gasteiger partial charge is 0.508 e. The van der Waals surface area contributed by atoms with Gasteiger partial charge in [-0.25, -0.2) is 0 Å². The standard InChI is InChI=1S/C21H30O/c1-6-7-15-10-16-13-20(3,4)18-9-8-14(2)12-21(18,5)19(16)17(22)11-15/h10-12,18,22H,6-9,13H2,1-5H3/t18-,21+/m0/s1. The van der Waals surface area contributed by atoms with Crippen molar-refractivity contribution in [1.82, 2.24) is 0 Å². The summed E-state index contributed by atoms with van der Waals surface area (Å²) < 4.78 is 0. The van der Waals surface area contributed by atoms with E-state index in [2.05, 4.69) is 46.8 Å². The summed E-state index contributed by atoms with van der Waals surface area (Å²) in [5.74, 6) is 1.13. The summed E-state index contributed by atoms with van der Waals surface area (Å²) in [7, 11) is 0. The zero-order valence-corrected chi connectivity index (χ0v) is 14.8. The predicted molar refractivity (Wildman–Crippen MR) is 93.4 cm³/mol. The molecular formula is C21H30O. The van der Waals surface area contributed by atoms with E-state index in [1.807, 2.05) is 6.07 Å². The second-order valence-electron chi connectivity index (χ2n) is 8.43. The normalized spacial score (nSPS) is 29.5. The molecule has 1 nitrogen and oxygen atoms in total. The maximum atomic E-state index is 10.8. The number of aromatic hydroxyl groups is 1. The minimum absolute atomic E-state index is 0.0196. The minimum atomic E-state index is -0.0196. The van der Waals surface area contributed by atoms with Gasteiger partial charge in [0, 0.05) is 11.0 Å². The summed E-state index contributed by atoms with van der Waals surface area (Å²) in [6.45, 7) is 11.6. The number of aryl methyl sites for hydroxylation is 1. The van der Waals surface area contributed by atoms with E-state index in [1.165, 1.54) is 35.1 Å². The van der Waals surface area contributed by atoms with Gasteiger partial charge >= 0.3 is 0 Å². The van der Waals surface area contributed by atoms with Crippen LogP contribution in [0.5, 0.6) is 5.75 Å². The van der Waals surface area contributed by atoms with Crippen LogP contribution in [0.1, 0.15) is 70.6 Å². The third-order valence-electron chi connectivity index (χ3n) is 6.02. The molecule has 1 heteroatoms. The van der Waals surface area contributed by atoms with Gasteiger partial charge in [0.2, 0.25) is 0 Å². The van der Waals surface area contributed by atoms with Crippen LogP contribution >= 0.6 is 0 Å². The molecule has 0 unspecified atom stereocenters. The van der Waals surface area contributed by atoms with E-state index in [9.17, 15) is 5.11 Å². The van der Waals surface area contributed by atoms with E-state index < -0.39 is 0 Å². The molecule has 2 atom stereocenters. The van der Waals surface area contributed by atoms with Crippen molar-refractivity contribution in [2.24, 2.45) is 11.3 Å². The van der Waals surface area contributed by atoms with Crippen LogP contribution in [0.4, 0.5) is 0 Å². The van der Waals surface area contributed by atoms with Crippen LogP contribution in [0.15, 0.2) is 23.8 Å². The fourth-order valence-electron chi connectivity index (χ4n) is 5.36. The number of allylic oxidation sites excluding steroid dienone is 2. The molecule has 1 N–H and O–H groups in total. The fourth-order valence-corrected chi connectivity index (χ4v) is 5.36. The third-order valence-corrected chi connectivity index (χ3v) is 6.02. The Labute approximate surface area is 135 Å². The van der Waals surface area contributed by atoms with Crippen molar-refractivity contribution in [2.75, 3.05) is 0 Å². The van der Waals surface area contributed by atoms with Crippen LogP contribution in [0.2, 0.25) is 0 Å². The maximum absolute atomic E-state index is 10.8. The molecule has 0 bridgehead atoms. The van der Waals surface area contributed by atoms with Gasteiger partial charge < -0.3 is 5.11 Å². The number of phenols is 1. The molecule has 0 amide bonds. The lowest BCUT2D eigenvalue weighted by Gasteiger charge is -2.53. The zero-order valence-electron chi connectivity index (χ0n) is 14.8. The molecule has 0 saturated heterocycles. The van der Waals surface area contributed by atoms with E-state index >= 15 is 0 Å². The summed E-state index contributed by atoms with van der Waals surface area (Å²) in [5.41, 5.74) is 5.60. The molecule has 0 fully saturated rings. The molecule has 120 valence electrons. The molecule has 0 aromatic heterocycles. The average molecular weight is 298 g/mol. The Kier molecular flexibility index (Phi) is 3.66. The quantitative estimate of drug-likeness (QED) is 0.711. The van der Waals surface area contributed by atoms with Crippen LogP contribution in [0.25, 0.3) is 0 Å². The number of benzene rings is 1. The molecule has 3 rings (SSSR count). The third kappa shape index (κ3) is 2.30. The van der Waals surface area contributed by atoms with Crippen molar-refractivity contribution in [3.8, 4) is 5.75 Å². The van der Waals surface area contributed by atoms with Crippen LogP contribution in [-0.4, -0.2) is 5.11 Å². The highest BCUT2D eigenvalue weighted by molar-refractivity contribution is 5.53. The predicted octanol–water partition coefficient (Wildman–Crippen LogP) is 5.54. The monoisotopic (exact) mass is 298 g/mol. The summed E-state index contributed by atoms with van der Waals surface area (Å²) in [5, 5.41) is 10.8. The van der Waals surface area contributed by atoms with Crippen molar-refractivity contribution in [3.63, 3.8) is 0 Å². The average Bonchev–Trinajstić information content (AvgIpc) is 2.35. The van der Waals surface area contributed by atoms with Crippen molar-refractivity contribution in [3.05, 3.63) is 40.5 Å². The van der Waals surface area contributed by atoms with Crippen molar-refractivity contribution >= 4 is 0 Å². The van der Waals surface area contributed by atoms with Gasteiger partial charge in [-0.3, -0.25) is 0 Å². The fraction of sp³-hybridized carbons (Fsp3) is 0.619. The Morgan fingerprint density at radius 1 is 1.23 bits per heavy atom. The molecule has 0 spiro atoms. The van der Waals surface area contributed by atoms with Gasteiger partial charge in [0.25, 0.3) is 0 Å². The lowest BCUT2D eigenvalue weighted by molar-refractivity contribution is 0.106. The van der Waals surface area contributed by atoms with Crippen molar-refractivity contribution in [1.29, 1.82) is 0 Å². The van der Waals surface area contributed by atoms with Crippen LogP contribution in [-0.2, 0) is 18.3 Å². The van der Waals surface area contributed by atoms with Gasteiger partial charge in [-0.15, -0.1) is 0 Å². The van der Waals surface area contributed by atoms with Gasteiger partial charge in [-0.05, 0) is 61.1 Å². The lowest BCUT2D eigenvalue weighted by atomic mass is 9.51. The van der Waals surface area contributed by atoms with Gasteiger partial charge in [-0.1, -0.05) is 51.8 Å². The molecule has 2 aliphatic rings. The minimum Gasteiger partial charge on any atom is -0.508 e. The molecular weight excluding hydrogens is 268 g/mol. The van der Waals surface area contributed by atoms with E-state index in [-0.39, 0.29) is 10.8 Å². The Hall–Kier alpha value is -1.24. The first-order chi connectivity index (χ1) is 10.3. The summed E-state index contributed by atoms with van der Waals surface area (Å²) >= 11 is 0. The highest BCUT2D eigenvalue weighted by atomic mass is 16.3. The van der Waals surface area contributed by atoms with E-state index in [1.54, 1.807) is 0 Å². The number of hydrogen-bond acceptors (Lipinski definition) is 1. The first-order valence-corrected chi connectivity index (χ1v) is 8.81. The first-order valence-electron chi connectivity index (χ1n) is 8.81. The van der Waals surface area contributed by atoms with E-state index in [0.29, 0.717) is 11.7 Å². The zero-order chi connectivity index (χ0) is 16.1. The SMILES string of the molecule is CCCc1cc(O)c2c(c1)CC(C)(C)[C@@H]1CCC(C)=C[C@@]21C. The molecule has 1 aromatic rings. The summed E-state index contributed by atoms with van der Waals surface area (Å²) in [6.07, 6.45) is 8.15. The van der Waals surface area contributed by atoms with Gasteiger partial charge in [0.1, 0.15) is 5.75 Å². The van der Waals surface area contributed by atoms with E-state index in [0.717, 1.165) is 19.3 Å². The molecule has 2 aliphatic carbocycles. The Morgan fingerprint density at radius 3 is 2.64 bits per heavy atom. The molecule has 0 aliphatic heterocycles. The van der Waals surface area contributed by atoms with Crippen molar-refractivity contribution in [2.45, 2.75) is 72.1 Å². The molecule has 22 heavy (non-hydrogen) atoms. The molecule has 0 heterocycles. The van der Waals surface area contributed by atoms with E-state index in [4.69, 9.17) is 0 Å². The number of hydrogen-bond donors (Lipinski definition) is 1. The van der Waals surface area contributed by atoms with Gasteiger partial charge in [-0.2, -0.15) is 0 Å². The maximum Gasteiger partial charge on any atom is 0.120 e. The van der Waals surface area contributed by atoms with Gasteiger partial charge in [0.15, 0.2) is 0 Å². The molecule has 0 radical (unpaired) electrons. The van der Waals surface area contributed by atoms with Gasteiger partial charge in [0.05, 0.1) is 0 Å². The Bertz CT molecular complexity index is 623. The van der Waals surface area contributed by atoms with Crippen LogP contribution in [0.3, 0.4) is 0 Å². The molecule has 1 aromatic carbocycles. The second kappa shape index (κ2) is 5.15. The molecule has 0 saturated carbocycles. The summed E-state index contributed by atoms with van der Waals surface area (Å²) in [4.78, 5) is 0. The Balaban J connectivity index is 2.22. The summed E-state index contributed by atoms with van der Waals surface area (Å²) in [6, 6.07) is 4.38. The number of fused-ring (bicyclic) bond motifs is 3. The number of rotatable bonds is 2. The highest BCUT2D eigenvalue weighted by Gasteiger charge is 2.50. The number of phenolic OH excluding ortho intramolecular Hbond substituents is 1. The lowest BCUT2D eigenvalue weighted by Crippen LogP contribution is -2.47. The Morgan fingerprint density at radius 2 is 1.95 bits per heavy atom. The topological polar surface area (TPSA) is 20.2 Å².